The Morgan fingerprint density at radius 1 is 1.37 bits per heavy atom. The Bertz CT molecular complexity index is 669. The number of H-pyrrole nitrogens is 1. The molecule has 0 saturated heterocycles. The maximum atomic E-state index is 11.8. The van der Waals surface area contributed by atoms with Gasteiger partial charge in [-0.1, -0.05) is 6.92 Å². The highest BCUT2D eigenvalue weighted by atomic mass is 16.1. The second-order valence-corrected chi connectivity index (χ2v) is 4.09. The number of aromatic amines is 1. The van der Waals surface area contributed by atoms with Gasteiger partial charge in [-0.25, -0.2) is 0 Å². The van der Waals surface area contributed by atoms with Crippen LogP contribution in [-0.2, 0) is 0 Å². The molecule has 0 amide bonds. The minimum atomic E-state index is -0.411. The van der Waals surface area contributed by atoms with Gasteiger partial charge in [-0.15, -0.1) is 10.2 Å². The number of nitrogens with one attached hydrogen (secondary N) is 1. The third kappa shape index (κ3) is 2.67. The number of benzene rings is 1. The predicted molar refractivity (Wildman–Crippen MR) is 70.0 cm³/mol. The number of hydrogen-bond acceptors (Lipinski definition) is 5. The van der Waals surface area contributed by atoms with Gasteiger partial charge in [0.1, 0.15) is 5.69 Å². The Morgan fingerprint density at radius 2 is 2.05 bits per heavy atom. The van der Waals surface area contributed by atoms with Crippen molar-refractivity contribution in [1.82, 2.24) is 15.2 Å². The van der Waals surface area contributed by atoms with Crippen LogP contribution in [0.5, 0.6) is 0 Å². The first-order chi connectivity index (χ1) is 9.15. The van der Waals surface area contributed by atoms with Gasteiger partial charge in [-0.2, -0.15) is 5.26 Å². The lowest BCUT2D eigenvalue weighted by molar-refractivity contribution is 0.645. The van der Waals surface area contributed by atoms with Gasteiger partial charge in [-0.3, -0.25) is 4.79 Å². The summed E-state index contributed by atoms with van der Waals surface area (Å²) < 4.78 is 0. The summed E-state index contributed by atoms with van der Waals surface area (Å²) in [6.07, 6.45) is 0.619. The molecule has 0 aliphatic heterocycles. The van der Waals surface area contributed by atoms with Gasteiger partial charge in [0, 0.05) is 5.56 Å². The van der Waals surface area contributed by atoms with Crippen LogP contribution in [0.2, 0.25) is 0 Å². The maximum absolute atomic E-state index is 11.8. The molecule has 1 aromatic heterocycles. The SMILES string of the molecule is CCC(N)c1nnc(-c2ccc(C#N)cc2)[nH]c1=O. The molecule has 0 spiro atoms. The number of hydrogen-bond donors (Lipinski definition) is 2. The number of nitrogens with two attached hydrogens (primary N) is 1. The van der Waals surface area contributed by atoms with Crippen LogP contribution in [0.4, 0.5) is 0 Å². The Kier molecular flexibility index (Phi) is 3.68. The van der Waals surface area contributed by atoms with Crippen molar-refractivity contribution in [2.45, 2.75) is 19.4 Å². The fourth-order valence-corrected chi connectivity index (χ4v) is 1.61. The van der Waals surface area contributed by atoms with Crippen LogP contribution in [0.3, 0.4) is 0 Å². The normalized spacial score (nSPS) is 11.8. The molecule has 3 N–H and O–H groups in total. The number of rotatable bonds is 3. The zero-order valence-corrected chi connectivity index (χ0v) is 10.4. The van der Waals surface area contributed by atoms with Crippen LogP contribution in [0.15, 0.2) is 29.1 Å². The zero-order chi connectivity index (χ0) is 13.8. The fourth-order valence-electron chi connectivity index (χ4n) is 1.61. The van der Waals surface area contributed by atoms with Gasteiger partial charge in [0.2, 0.25) is 0 Å². The van der Waals surface area contributed by atoms with E-state index in [0.29, 0.717) is 23.4 Å². The molecule has 19 heavy (non-hydrogen) atoms. The molecular weight excluding hydrogens is 242 g/mol. The van der Waals surface area contributed by atoms with E-state index in [0.717, 1.165) is 0 Å². The van der Waals surface area contributed by atoms with Gasteiger partial charge in [0.25, 0.3) is 5.56 Å². The van der Waals surface area contributed by atoms with E-state index in [-0.39, 0.29) is 11.3 Å². The molecule has 2 aromatic rings. The highest BCUT2D eigenvalue weighted by Gasteiger charge is 2.12. The molecule has 6 heteroatoms. The van der Waals surface area contributed by atoms with Crippen LogP contribution >= 0.6 is 0 Å². The second kappa shape index (κ2) is 5.42. The van der Waals surface area contributed by atoms with Gasteiger partial charge >= 0.3 is 0 Å². The summed E-state index contributed by atoms with van der Waals surface area (Å²) in [5.41, 5.74) is 6.91. The standard InChI is InChI=1S/C13H13N5O/c1-2-10(15)11-13(19)16-12(18-17-11)9-5-3-8(7-14)4-6-9/h3-6,10H,2,15H2,1H3,(H,16,18,19). The quantitative estimate of drug-likeness (QED) is 0.854. The first-order valence-electron chi connectivity index (χ1n) is 5.88. The van der Waals surface area contributed by atoms with Crippen LogP contribution in [-0.4, -0.2) is 15.2 Å². The Labute approximate surface area is 109 Å². The molecule has 1 aromatic carbocycles. The molecule has 1 heterocycles. The van der Waals surface area contributed by atoms with Crippen molar-refractivity contribution in [3.63, 3.8) is 0 Å². The van der Waals surface area contributed by atoms with E-state index in [2.05, 4.69) is 15.2 Å². The van der Waals surface area contributed by atoms with E-state index in [1.54, 1.807) is 24.3 Å². The summed E-state index contributed by atoms with van der Waals surface area (Å²) in [5.74, 6) is 0.363. The van der Waals surface area contributed by atoms with Crippen LogP contribution in [0, 0.1) is 11.3 Å². The summed E-state index contributed by atoms with van der Waals surface area (Å²) in [6, 6.07) is 8.33. The Morgan fingerprint density at radius 3 is 2.58 bits per heavy atom. The molecule has 0 fully saturated rings. The van der Waals surface area contributed by atoms with Crippen molar-refractivity contribution in [2.75, 3.05) is 0 Å². The van der Waals surface area contributed by atoms with Crippen LogP contribution in [0.25, 0.3) is 11.4 Å². The number of nitriles is 1. The molecule has 0 saturated carbocycles. The summed E-state index contributed by atoms with van der Waals surface area (Å²) in [7, 11) is 0. The minimum absolute atomic E-state index is 0.236. The third-order valence-corrected chi connectivity index (χ3v) is 2.80. The molecule has 6 nitrogen and oxygen atoms in total. The molecular formula is C13H13N5O. The van der Waals surface area contributed by atoms with Gasteiger partial charge in [0.05, 0.1) is 17.7 Å². The van der Waals surface area contributed by atoms with E-state index in [9.17, 15) is 4.79 Å². The predicted octanol–water partition coefficient (Wildman–Crippen LogP) is 1.11. The Hall–Kier alpha value is -2.52. The molecule has 1 unspecified atom stereocenters. The van der Waals surface area contributed by atoms with Crippen LogP contribution < -0.4 is 11.3 Å². The van der Waals surface area contributed by atoms with Crippen molar-refractivity contribution in [2.24, 2.45) is 5.73 Å². The average Bonchev–Trinajstić information content (AvgIpc) is 2.46. The Balaban J connectivity index is 2.39. The monoisotopic (exact) mass is 255 g/mol. The highest BCUT2D eigenvalue weighted by molar-refractivity contribution is 5.55. The van der Waals surface area contributed by atoms with Crippen molar-refractivity contribution in [1.29, 1.82) is 5.26 Å². The smallest absolute Gasteiger partial charge is 0.274 e. The lowest BCUT2D eigenvalue weighted by atomic mass is 10.1. The molecule has 2 rings (SSSR count). The van der Waals surface area contributed by atoms with Crippen LogP contribution in [0.1, 0.15) is 30.6 Å². The summed E-state index contributed by atoms with van der Waals surface area (Å²) >= 11 is 0. The van der Waals surface area contributed by atoms with E-state index < -0.39 is 6.04 Å². The van der Waals surface area contributed by atoms with Gasteiger partial charge in [-0.05, 0) is 30.7 Å². The largest absolute Gasteiger partial charge is 0.322 e. The summed E-state index contributed by atoms with van der Waals surface area (Å²) in [6.45, 7) is 1.88. The molecule has 0 bridgehead atoms. The van der Waals surface area contributed by atoms with E-state index in [4.69, 9.17) is 11.0 Å². The number of aromatic nitrogens is 3. The second-order valence-electron chi connectivity index (χ2n) is 4.09. The van der Waals surface area contributed by atoms with Crippen molar-refractivity contribution in [3.05, 3.63) is 45.9 Å². The van der Waals surface area contributed by atoms with Crippen molar-refractivity contribution >= 4 is 0 Å². The number of nitrogens with zero attached hydrogens (tertiary/aromatic N) is 3. The summed E-state index contributed by atoms with van der Waals surface area (Å²) in [5, 5.41) is 16.6. The van der Waals surface area contributed by atoms with E-state index >= 15 is 0 Å². The lowest BCUT2D eigenvalue weighted by Crippen LogP contribution is -2.24. The topological polar surface area (TPSA) is 108 Å². The van der Waals surface area contributed by atoms with Crippen molar-refractivity contribution < 1.29 is 0 Å². The molecule has 96 valence electrons. The first kappa shape index (κ1) is 12.9. The molecule has 0 aliphatic carbocycles. The minimum Gasteiger partial charge on any atom is -0.322 e. The first-order valence-corrected chi connectivity index (χ1v) is 5.88. The highest BCUT2D eigenvalue weighted by Crippen LogP contribution is 2.14. The van der Waals surface area contributed by atoms with Crippen molar-refractivity contribution in [3.8, 4) is 17.5 Å². The van der Waals surface area contributed by atoms with E-state index in [1.165, 1.54) is 0 Å². The lowest BCUT2D eigenvalue weighted by Gasteiger charge is -2.06. The fraction of sp³-hybridized carbons (Fsp3) is 0.231. The maximum Gasteiger partial charge on any atom is 0.274 e. The third-order valence-electron chi connectivity index (χ3n) is 2.80. The van der Waals surface area contributed by atoms with Gasteiger partial charge < -0.3 is 10.7 Å². The zero-order valence-electron chi connectivity index (χ0n) is 10.4. The molecule has 1 atom stereocenters. The molecule has 0 radical (unpaired) electrons. The molecule has 0 aliphatic rings. The van der Waals surface area contributed by atoms with E-state index in [1.807, 2.05) is 13.0 Å². The summed E-state index contributed by atoms with van der Waals surface area (Å²) in [4.78, 5) is 14.5. The van der Waals surface area contributed by atoms with Gasteiger partial charge in [0.15, 0.2) is 5.82 Å². The average molecular weight is 255 g/mol.